The fourth-order valence-corrected chi connectivity index (χ4v) is 2.95. The van der Waals surface area contributed by atoms with Crippen LogP contribution in [0.1, 0.15) is 40.9 Å². The van der Waals surface area contributed by atoms with Gasteiger partial charge in [-0.3, -0.25) is 4.79 Å². The second kappa shape index (κ2) is 6.49. The molecule has 1 aliphatic heterocycles. The second-order valence-electron chi connectivity index (χ2n) is 5.71. The Hall–Kier alpha value is -1.87. The van der Waals surface area contributed by atoms with Crippen molar-refractivity contribution in [1.82, 2.24) is 4.98 Å². The van der Waals surface area contributed by atoms with Crippen LogP contribution >= 0.6 is 11.6 Å². The van der Waals surface area contributed by atoms with E-state index >= 15 is 0 Å². The monoisotopic (exact) mass is 314 g/mol. The Bertz CT molecular complexity index is 676. The summed E-state index contributed by atoms with van der Waals surface area (Å²) in [6, 6.07) is 10.8. The van der Waals surface area contributed by atoms with Crippen molar-refractivity contribution < 1.29 is 4.79 Å². The van der Waals surface area contributed by atoms with Gasteiger partial charge in [-0.2, -0.15) is 0 Å². The molecule has 114 valence electrons. The lowest BCUT2D eigenvalue weighted by atomic mass is 10.0. The maximum Gasteiger partial charge on any atom is 0.196 e. The molecule has 0 spiro atoms. The molecule has 0 aliphatic carbocycles. The van der Waals surface area contributed by atoms with E-state index in [2.05, 4.69) is 9.88 Å². The Morgan fingerprint density at radius 3 is 2.41 bits per heavy atom. The molecule has 0 amide bonds. The molecule has 0 saturated carbocycles. The molecule has 0 radical (unpaired) electrons. The zero-order valence-corrected chi connectivity index (χ0v) is 13.4. The highest BCUT2D eigenvalue weighted by atomic mass is 35.5. The first kappa shape index (κ1) is 15.0. The van der Waals surface area contributed by atoms with E-state index < -0.39 is 0 Å². The minimum atomic E-state index is 0.00439. The number of nitrogens with zero attached hydrogens (tertiary/aromatic N) is 2. The van der Waals surface area contributed by atoms with Crippen molar-refractivity contribution in [2.24, 2.45) is 0 Å². The van der Waals surface area contributed by atoms with Crippen LogP contribution in [0, 0.1) is 6.92 Å². The van der Waals surface area contributed by atoms with Gasteiger partial charge >= 0.3 is 0 Å². The molecular weight excluding hydrogens is 296 g/mol. The minimum absolute atomic E-state index is 0.00439. The maximum absolute atomic E-state index is 12.8. The van der Waals surface area contributed by atoms with E-state index in [1.54, 1.807) is 24.3 Å². The number of piperidine rings is 1. The lowest BCUT2D eigenvalue weighted by molar-refractivity contribution is 0.103. The van der Waals surface area contributed by atoms with Crippen LogP contribution < -0.4 is 4.90 Å². The zero-order valence-electron chi connectivity index (χ0n) is 12.7. The number of halogens is 1. The summed E-state index contributed by atoms with van der Waals surface area (Å²) in [6.07, 6.45) is 3.57. The fourth-order valence-electron chi connectivity index (χ4n) is 2.82. The van der Waals surface area contributed by atoms with E-state index in [0.29, 0.717) is 16.1 Å². The molecule has 0 bridgehead atoms. The van der Waals surface area contributed by atoms with Gasteiger partial charge in [0.05, 0.1) is 5.56 Å². The summed E-state index contributed by atoms with van der Waals surface area (Å²) < 4.78 is 0. The maximum atomic E-state index is 12.8. The number of anilines is 1. The average Bonchev–Trinajstić information content (AvgIpc) is 2.56. The fraction of sp³-hybridized carbons (Fsp3) is 0.333. The number of rotatable bonds is 3. The summed E-state index contributed by atoms with van der Waals surface area (Å²) >= 11 is 5.90. The number of carbonyl (C=O) groups is 1. The minimum Gasteiger partial charge on any atom is -0.356 e. The SMILES string of the molecule is Cc1ccc(C(=O)c2ccc(Cl)cc2)c(N2CCCCC2)n1. The van der Waals surface area contributed by atoms with Gasteiger partial charge in [-0.25, -0.2) is 4.98 Å². The van der Waals surface area contributed by atoms with Gasteiger partial charge in [0.1, 0.15) is 5.82 Å². The first-order valence-electron chi connectivity index (χ1n) is 7.68. The van der Waals surface area contributed by atoms with E-state index in [4.69, 9.17) is 11.6 Å². The molecule has 0 N–H and O–H groups in total. The lowest BCUT2D eigenvalue weighted by Gasteiger charge is -2.29. The van der Waals surface area contributed by atoms with Crippen molar-refractivity contribution >= 4 is 23.2 Å². The predicted octanol–water partition coefficient (Wildman–Crippen LogP) is 4.26. The van der Waals surface area contributed by atoms with Crippen molar-refractivity contribution in [2.75, 3.05) is 18.0 Å². The topological polar surface area (TPSA) is 33.2 Å². The Morgan fingerprint density at radius 1 is 1.05 bits per heavy atom. The summed E-state index contributed by atoms with van der Waals surface area (Å²) in [6.45, 7) is 3.90. The molecule has 3 rings (SSSR count). The number of pyridine rings is 1. The van der Waals surface area contributed by atoms with Crippen molar-refractivity contribution in [3.8, 4) is 0 Å². The molecule has 4 heteroatoms. The molecule has 1 aliphatic rings. The van der Waals surface area contributed by atoms with E-state index in [0.717, 1.165) is 37.4 Å². The van der Waals surface area contributed by atoms with Crippen LogP contribution in [0.5, 0.6) is 0 Å². The van der Waals surface area contributed by atoms with Gasteiger partial charge in [0.2, 0.25) is 0 Å². The Morgan fingerprint density at radius 2 is 1.73 bits per heavy atom. The highest BCUT2D eigenvalue weighted by Gasteiger charge is 2.21. The third-order valence-electron chi connectivity index (χ3n) is 4.02. The van der Waals surface area contributed by atoms with Crippen LogP contribution in [0.4, 0.5) is 5.82 Å². The van der Waals surface area contributed by atoms with Gasteiger partial charge in [0.25, 0.3) is 0 Å². The van der Waals surface area contributed by atoms with Crippen molar-refractivity contribution in [3.63, 3.8) is 0 Å². The molecule has 2 aromatic rings. The smallest absolute Gasteiger partial charge is 0.196 e. The van der Waals surface area contributed by atoms with Crippen molar-refractivity contribution in [2.45, 2.75) is 26.2 Å². The number of benzene rings is 1. The quantitative estimate of drug-likeness (QED) is 0.793. The van der Waals surface area contributed by atoms with Gasteiger partial charge in [-0.1, -0.05) is 11.6 Å². The number of hydrogen-bond acceptors (Lipinski definition) is 3. The summed E-state index contributed by atoms with van der Waals surface area (Å²) in [7, 11) is 0. The molecule has 1 aromatic carbocycles. The van der Waals surface area contributed by atoms with Gasteiger partial charge in [0.15, 0.2) is 5.78 Å². The molecular formula is C18H19ClN2O. The normalized spacial score (nSPS) is 14.9. The first-order valence-corrected chi connectivity index (χ1v) is 8.06. The third-order valence-corrected chi connectivity index (χ3v) is 4.27. The number of aryl methyl sites for hydroxylation is 1. The molecule has 0 unspecified atom stereocenters. The van der Waals surface area contributed by atoms with Crippen LogP contribution in [0.2, 0.25) is 5.02 Å². The van der Waals surface area contributed by atoms with E-state index in [1.165, 1.54) is 6.42 Å². The first-order chi connectivity index (χ1) is 10.6. The van der Waals surface area contributed by atoms with Crippen LogP contribution in [0.25, 0.3) is 0 Å². The van der Waals surface area contributed by atoms with Gasteiger partial charge in [-0.15, -0.1) is 0 Å². The van der Waals surface area contributed by atoms with Gasteiger partial charge in [0, 0.05) is 29.4 Å². The summed E-state index contributed by atoms with van der Waals surface area (Å²) in [5, 5.41) is 0.634. The second-order valence-corrected chi connectivity index (χ2v) is 6.14. The molecule has 1 saturated heterocycles. The molecule has 1 aromatic heterocycles. The van der Waals surface area contributed by atoms with E-state index in [9.17, 15) is 4.79 Å². The van der Waals surface area contributed by atoms with Crippen LogP contribution in [-0.2, 0) is 0 Å². The lowest BCUT2D eigenvalue weighted by Crippen LogP contribution is -2.31. The van der Waals surface area contributed by atoms with Crippen LogP contribution in [0.3, 0.4) is 0 Å². The van der Waals surface area contributed by atoms with Crippen molar-refractivity contribution in [1.29, 1.82) is 0 Å². The number of ketones is 1. The highest BCUT2D eigenvalue weighted by Crippen LogP contribution is 2.25. The standard InChI is InChI=1S/C18H19ClN2O/c1-13-5-10-16(17(22)14-6-8-15(19)9-7-14)18(20-13)21-11-3-2-4-12-21/h5-10H,2-4,11-12H2,1H3. The summed E-state index contributed by atoms with van der Waals surface area (Å²) in [5.41, 5.74) is 2.26. The predicted molar refractivity (Wildman–Crippen MR) is 89.9 cm³/mol. The Labute approximate surface area is 135 Å². The summed E-state index contributed by atoms with van der Waals surface area (Å²) in [5.74, 6) is 0.824. The van der Waals surface area contributed by atoms with Crippen LogP contribution in [-0.4, -0.2) is 23.9 Å². The Kier molecular flexibility index (Phi) is 4.44. The van der Waals surface area contributed by atoms with E-state index in [-0.39, 0.29) is 5.78 Å². The molecule has 3 nitrogen and oxygen atoms in total. The van der Waals surface area contributed by atoms with Gasteiger partial charge in [-0.05, 0) is 62.6 Å². The average molecular weight is 315 g/mol. The third kappa shape index (κ3) is 3.14. The molecule has 2 heterocycles. The number of hydrogen-bond donors (Lipinski definition) is 0. The highest BCUT2D eigenvalue weighted by molar-refractivity contribution is 6.30. The van der Waals surface area contributed by atoms with Gasteiger partial charge < -0.3 is 4.90 Å². The molecule has 0 atom stereocenters. The van der Waals surface area contributed by atoms with Crippen LogP contribution in [0.15, 0.2) is 36.4 Å². The van der Waals surface area contributed by atoms with Crippen molar-refractivity contribution in [3.05, 3.63) is 58.2 Å². The molecule has 22 heavy (non-hydrogen) atoms. The Balaban J connectivity index is 1.98. The number of aromatic nitrogens is 1. The largest absolute Gasteiger partial charge is 0.356 e. The summed E-state index contributed by atoms with van der Waals surface area (Å²) in [4.78, 5) is 19.7. The zero-order chi connectivity index (χ0) is 15.5. The van der Waals surface area contributed by atoms with E-state index in [1.807, 2.05) is 19.1 Å². The number of carbonyl (C=O) groups excluding carboxylic acids is 1. The molecule has 1 fully saturated rings.